The van der Waals surface area contributed by atoms with Crippen molar-refractivity contribution in [2.75, 3.05) is 20.1 Å². The van der Waals surface area contributed by atoms with E-state index in [0.29, 0.717) is 0 Å². The van der Waals surface area contributed by atoms with Crippen molar-refractivity contribution in [1.29, 1.82) is 0 Å². The normalized spacial score (nSPS) is 48.5. The van der Waals surface area contributed by atoms with Crippen LogP contribution in [0.3, 0.4) is 0 Å². The van der Waals surface area contributed by atoms with Crippen LogP contribution in [0, 0.1) is 11.8 Å². The van der Waals surface area contributed by atoms with Crippen molar-refractivity contribution in [3.05, 3.63) is 0 Å². The Labute approximate surface area is 83.6 Å². The van der Waals surface area contributed by atoms with E-state index in [0.717, 1.165) is 16.7 Å². The van der Waals surface area contributed by atoms with Crippen LogP contribution in [0.4, 0.5) is 0 Å². The molecule has 1 saturated carbocycles. The lowest BCUT2D eigenvalue weighted by Gasteiger charge is -2.39. The molecule has 2 rings (SSSR count). The van der Waals surface area contributed by atoms with Crippen molar-refractivity contribution in [3.63, 3.8) is 0 Å². The molecule has 1 heterocycles. The van der Waals surface area contributed by atoms with Crippen LogP contribution in [-0.4, -0.2) is 25.0 Å². The summed E-state index contributed by atoms with van der Waals surface area (Å²) in [4.78, 5) is 2.58. The minimum atomic E-state index is 0.831. The van der Waals surface area contributed by atoms with Crippen molar-refractivity contribution < 1.29 is 4.90 Å². The van der Waals surface area contributed by atoms with E-state index in [4.69, 9.17) is 0 Å². The monoisotopic (exact) mass is 232 g/mol. The van der Waals surface area contributed by atoms with Crippen LogP contribution in [0.2, 0.25) is 0 Å². The Hall–Kier alpha value is 0.440. The van der Waals surface area contributed by atoms with Gasteiger partial charge in [0.1, 0.15) is 0 Å². The summed E-state index contributed by atoms with van der Waals surface area (Å²) in [5.74, 6) is 2.10. The quantitative estimate of drug-likeness (QED) is 0.597. The number of quaternary nitrogens is 1. The molecule has 1 N–H and O–H groups in total. The van der Waals surface area contributed by atoms with Gasteiger partial charge in [-0.05, 0) is 31.6 Å². The first-order valence-corrected chi connectivity index (χ1v) is 6.12. The Kier molecular flexibility index (Phi) is 2.75. The minimum absolute atomic E-state index is 0.831. The van der Waals surface area contributed by atoms with Gasteiger partial charge in [0, 0.05) is 10.7 Å². The standard InChI is InChI=1S/C10H18BrN/c1-12-5-4-8-6-10(11)3-2-9(8)7-12/h8-10H,2-7H2,1H3/p+1/t8-,9-,10+/m0/s1. The molecule has 12 heavy (non-hydrogen) atoms. The number of alkyl halides is 1. The first kappa shape index (κ1) is 9.01. The van der Waals surface area contributed by atoms with Gasteiger partial charge >= 0.3 is 0 Å². The summed E-state index contributed by atoms with van der Waals surface area (Å²) in [6.07, 6.45) is 5.79. The van der Waals surface area contributed by atoms with E-state index in [1.165, 1.54) is 38.8 Å². The van der Waals surface area contributed by atoms with Crippen molar-refractivity contribution in [1.82, 2.24) is 0 Å². The Morgan fingerprint density at radius 2 is 2.00 bits per heavy atom. The first-order valence-electron chi connectivity index (χ1n) is 5.21. The number of halogens is 1. The molecule has 2 fully saturated rings. The summed E-state index contributed by atoms with van der Waals surface area (Å²) in [6, 6.07) is 0. The number of hydrogen-bond acceptors (Lipinski definition) is 0. The van der Waals surface area contributed by atoms with E-state index < -0.39 is 0 Å². The molecule has 0 spiro atoms. The Bertz CT molecular complexity index is 142. The van der Waals surface area contributed by atoms with Crippen molar-refractivity contribution in [3.8, 4) is 0 Å². The predicted octanol–water partition coefficient (Wildman–Crippen LogP) is 1.08. The van der Waals surface area contributed by atoms with Gasteiger partial charge in [-0.3, -0.25) is 0 Å². The van der Waals surface area contributed by atoms with Gasteiger partial charge in [0.05, 0.1) is 20.1 Å². The molecule has 2 aliphatic rings. The molecule has 0 amide bonds. The van der Waals surface area contributed by atoms with Crippen molar-refractivity contribution in [2.45, 2.75) is 30.5 Å². The van der Waals surface area contributed by atoms with Gasteiger partial charge in [-0.1, -0.05) is 15.9 Å². The molecule has 1 aliphatic carbocycles. The molecule has 1 unspecified atom stereocenters. The highest BCUT2D eigenvalue weighted by atomic mass is 79.9. The average Bonchev–Trinajstić information content (AvgIpc) is 2.05. The van der Waals surface area contributed by atoms with Crippen LogP contribution >= 0.6 is 15.9 Å². The first-order chi connectivity index (χ1) is 5.75. The predicted molar refractivity (Wildman–Crippen MR) is 54.8 cm³/mol. The van der Waals surface area contributed by atoms with Gasteiger partial charge in [0.2, 0.25) is 0 Å². The summed E-state index contributed by atoms with van der Waals surface area (Å²) < 4.78 is 0. The van der Waals surface area contributed by atoms with E-state index >= 15 is 0 Å². The summed E-state index contributed by atoms with van der Waals surface area (Å²) in [5.41, 5.74) is 0. The molecule has 1 aliphatic heterocycles. The SMILES string of the molecule is C[NH+]1CC[C@H]2C[C@H](Br)CC[C@H]2C1. The molecule has 1 nitrogen and oxygen atoms in total. The zero-order valence-corrected chi connectivity index (χ0v) is 9.44. The van der Waals surface area contributed by atoms with Crippen LogP contribution in [0.1, 0.15) is 25.7 Å². The zero-order chi connectivity index (χ0) is 8.55. The number of rotatable bonds is 0. The lowest BCUT2D eigenvalue weighted by molar-refractivity contribution is -0.890. The maximum atomic E-state index is 3.76. The maximum absolute atomic E-state index is 3.76. The third-order valence-corrected chi connectivity index (χ3v) is 4.46. The van der Waals surface area contributed by atoms with Gasteiger partial charge in [-0.15, -0.1) is 0 Å². The summed E-state index contributed by atoms with van der Waals surface area (Å²) in [5, 5.41) is 0. The van der Waals surface area contributed by atoms with E-state index in [1.807, 2.05) is 0 Å². The average molecular weight is 233 g/mol. The van der Waals surface area contributed by atoms with E-state index in [1.54, 1.807) is 4.90 Å². The van der Waals surface area contributed by atoms with Crippen LogP contribution in [0.5, 0.6) is 0 Å². The van der Waals surface area contributed by atoms with Gasteiger partial charge < -0.3 is 4.90 Å². The second-order valence-corrected chi connectivity index (χ2v) is 5.93. The van der Waals surface area contributed by atoms with Crippen LogP contribution in [0.15, 0.2) is 0 Å². The summed E-state index contributed by atoms with van der Waals surface area (Å²) in [7, 11) is 2.34. The largest absolute Gasteiger partial charge is 0.337 e. The Morgan fingerprint density at radius 3 is 2.83 bits per heavy atom. The number of fused-ring (bicyclic) bond motifs is 1. The third-order valence-electron chi connectivity index (χ3n) is 3.63. The molecule has 0 bridgehead atoms. The van der Waals surface area contributed by atoms with Gasteiger partial charge in [0.15, 0.2) is 0 Å². The van der Waals surface area contributed by atoms with Crippen molar-refractivity contribution >= 4 is 15.9 Å². The second-order valence-electron chi connectivity index (χ2n) is 4.63. The molecule has 70 valence electrons. The Balaban J connectivity index is 1.94. The molecule has 4 atom stereocenters. The minimum Gasteiger partial charge on any atom is -0.337 e. The maximum Gasteiger partial charge on any atom is 0.0800 e. The number of piperidine rings is 1. The smallest absolute Gasteiger partial charge is 0.0800 e. The fraction of sp³-hybridized carbons (Fsp3) is 1.00. The van der Waals surface area contributed by atoms with Crippen LogP contribution in [-0.2, 0) is 0 Å². The van der Waals surface area contributed by atoms with Gasteiger partial charge in [0.25, 0.3) is 0 Å². The van der Waals surface area contributed by atoms with Gasteiger partial charge in [-0.25, -0.2) is 0 Å². The van der Waals surface area contributed by atoms with Crippen molar-refractivity contribution in [2.24, 2.45) is 11.8 Å². The highest BCUT2D eigenvalue weighted by molar-refractivity contribution is 9.09. The number of nitrogens with one attached hydrogen (secondary N) is 1. The highest BCUT2D eigenvalue weighted by Gasteiger charge is 2.34. The molecular formula is C10H19BrN+. The van der Waals surface area contributed by atoms with Gasteiger partial charge in [-0.2, -0.15) is 0 Å². The molecule has 0 aromatic carbocycles. The molecular weight excluding hydrogens is 214 g/mol. The lowest BCUT2D eigenvalue weighted by Crippen LogP contribution is -3.11. The molecule has 0 aromatic heterocycles. The zero-order valence-electron chi connectivity index (χ0n) is 7.85. The van der Waals surface area contributed by atoms with Crippen LogP contribution in [0.25, 0.3) is 0 Å². The molecule has 1 saturated heterocycles. The molecule has 0 aromatic rings. The van der Waals surface area contributed by atoms with E-state index in [9.17, 15) is 0 Å². The Morgan fingerprint density at radius 1 is 1.17 bits per heavy atom. The van der Waals surface area contributed by atoms with E-state index in [2.05, 4.69) is 23.0 Å². The highest BCUT2D eigenvalue weighted by Crippen LogP contribution is 2.35. The summed E-state index contributed by atoms with van der Waals surface area (Å²) >= 11 is 3.76. The third kappa shape index (κ3) is 1.85. The lowest BCUT2D eigenvalue weighted by atomic mass is 9.75. The molecule has 0 radical (unpaired) electrons. The fourth-order valence-corrected chi connectivity index (χ4v) is 3.62. The topological polar surface area (TPSA) is 4.44 Å². The van der Waals surface area contributed by atoms with E-state index in [-0.39, 0.29) is 0 Å². The number of hydrogen-bond donors (Lipinski definition) is 1. The number of likely N-dealkylation sites (tertiary alicyclic amines) is 1. The molecule has 2 heteroatoms. The summed E-state index contributed by atoms with van der Waals surface area (Å²) in [6.45, 7) is 2.84. The second kappa shape index (κ2) is 3.67. The van der Waals surface area contributed by atoms with Crippen LogP contribution < -0.4 is 4.90 Å². The fourth-order valence-electron chi connectivity index (χ4n) is 2.87.